The number of amides is 1. The standard InChI is InChI=1S/C14H26N2O3/c1-4-13(3,12(18)19)9-16-11(17)14(15)7-5-6-10(2)8-14/h10H,4-9,15H2,1-3H3,(H,16,17)(H,18,19). The van der Waals surface area contributed by atoms with Crippen molar-refractivity contribution in [3.63, 3.8) is 0 Å². The Morgan fingerprint density at radius 2 is 2.16 bits per heavy atom. The van der Waals surface area contributed by atoms with Gasteiger partial charge in [-0.05, 0) is 32.1 Å². The first-order valence-electron chi connectivity index (χ1n) is 7.04. The van der Waals surface area contributed by atoms with Gasteiger partial charge in [-0.15, -0.1) is 0 Å². The highest BCUT2D eigenvalue weighted by molar-refractivity contribution is 5.87. The summed E-state index contributed by atoms with van der Waals surface area (Å²) in [4.78, 5) is 23.4. The highest BCUT2D eigenvalue weighted by atomic mass is 16.4. The topological polar surface area (TPSA) is 92.4 Å². The SMILES string of the molecule is CCC(C)(CNC(=O)C1(N)CCCC(C)C1)C(=O)O. The van der Waals surface area contributed by atoms with Crippen LogP contribution in [-0.2, 0) is 9.59 Å². The van der Waals surface area contributed by atoms with Crippen molar-refractivity contribution >= 4 is 11.9 Å². The second-order valence-corrected chi connectivity index (χ2v) is 6.26. The number of hydrogen-bond acceptors (Lipinski definition) is 3. The average Bonchev–Trinajstić information content (AvgIpc) is 2.34. The third-order valence-corrected chi connectivity index (χ3v) is 4.42. The minimum absolute atomic E-state index is 0.130. The molecule has 0 radical (unpaired) electrons. The molecule has 1 amide bonds. The van der Waals surface area contributed by atoms with E-state index in [1.807, 2.05) is 0 Å². The molecule has 0 bridgehead atoms. The fourth-order valence-electron chi connectivity index (χ4n) is 2.60. The van der Waals surface area contributed by atoms with Crippen molar-refractivity contribution in [2.24, 2.45) is 17.1 Å². The fraction of sp³-hybridized carbons (Fsp3) is 0.857. The zero-order valence-corrected chi connectivity index (χ0v) is 12.2. The average molecular weight is 270 g/mol. The molecule has 0 aromatic heterocycles. The molecule has 3 atom stereocenters. The summed E-state index contributed by atoms with van der Waals surface area (Å²) < 4.78 is 0. The third kappa shape index (κ3) is 3.69. The van der Waals surface area contributed by atoms with Gasteiger partial charge < -0.3 is 16.2 Å². The predicted molar refractivity (Wildman–Crippen MR) is 73.6 cm³/mol. The number of aliphatic carboxylic acids is 1. The molecule has 0 aliphatic heterocycles. The number of carbonyl (C=O) groups excluding carboxylic acids is 1. The molecule has 0 saturated heterocycles. The van der Waals surface area contributed by atoms with Gasteiger partial charge in [-0.1, -0.05) is 26.7 Å². The molecule has 110 valence electrons. The predicted octanol–water partition coefficient (Wildman–Crippen LogP) is 1.51. The van der Waals surface area contributed by atoms with Crippen molar-refractivity contribution in [2.75, 3.05) is 6.54 Å². The molecule has 0 aromatic carbocycles. The lowest BCUT2D eigenvalue weighted by Gasteiger charge is -2.36. The third-order valence-electron chi connectivity index (χ3n) is 4.42. The van der Waals surface area contributed by atoms with Gasteiger partial charge in [0.05, 0.1) is 11.0 Å². The summed E-state index contributed by atoms with van der Waals surface area (Å²) in [6.45, 7) is 5.68. The molecule has 0 spiro atoms. The Morgan fingerprint density at radius 1 is 1.53 bits per heavy atom. The van der Waals surface area contributed by atoms with E-state index in [0.29, 0.717) is 25.2 Å². The molecule has 1 aliphatic rings. The van der Waals surface area contributed by atoms with Crippen LogP contribution in [0, 0.1) is 11.3 Å². The maximum Gasteiger partial charge on any atom is 0.311 e. The summed E-state index contributed by atoms with van der Waals surface area (Å²) >= 11 is 0. The van der Waals surface area contributed by atoms with Crippen molar-refractivity contribution in [1.29, 1.82) is 0 Å². The van der Waals surface area contributed by atoms with Crippen LogP contribution in [0.4, 0.5) is 0 Å². The Labute approximate surface area is 114 Å². The van der Waals surface area contributed by atoms with E-state index in [-0.39, 0.29) is 12.5 Å². The monoisotopic (exact) mass is 270 g/mol. The van der Waals surface area contributed by atoms with Gasteiger partial charge in [0.25, 0.3) is 0 Å². The lowest BCUT2D eigenvalue weighted by atomic mass is 9.76. The van der Waals surface area contributed by atoms with Crippen molar-refractivity contribution in [3.8, 4) is 0 Å². The van der Waals surface area contributed by atoms with Gasteiger partial charge in [0, 0.05) is 6.54 Å². The number of carbonyl (C=O) groups is 2. The van der Waals surface area contributed by atoms with Gasteiger partial charge in [-0.3, -0.25) is 9.59 Å². The van der Waals surface area contributed by atoms with Gasteiger partial charge in [-0.25, -0.2) is 0 Å². The van der Waals surface area contributed by atoms with Gasteiger partial charge in [0.2, 0.25) is 5.91 Å². The minimum atomic E-state index is -0.924. The molecule has 0 heterocycles. The summed E-state index contributed by atoms with van der Waals surface area (Å²) in [5.74, 6) is -0.653. The van der Waals surface area contributed by atoms with E-state index in [4.69, 9.17) is 5.73 Å². The number of nitrogens with one attached hydrogen (secondary N) is 1. The van der Waals surface area contributed by atoms with Crippen LogP contribution in [-0.4, -0.2) is 29.1 Å². The van der Waals surface area contributed by atoms with E-state index in [1.54, 1.807) is 13.8 Å². The van der Waals surface area contributed by atoms with E-state index in [2.05, 4.69) is 12.2 Å². The van der Waals surface area contributed by atoms with Gasteiger partial charge in [-0.2, -0.15) is 0 Å². The lowest BCUT2D eigenvalue weighted by Crippen LogP contribution is -2.57. The smallest absolute Gasteiger partial charge is 0.311 e. The molecule has 1 rings (SSSR count). The number of carboxylic acids is 1. The summed E-state index contributed by atoms with van der Waals surface area (Å²) in [6, 6.07) is 0. The van der Waals surface area contributed by atoms with E-state index < -0.39 is 16.9 Å². The lowest BCUT2D eigenvalue weighted by molar-refractivity contribution is -0.148. The van der Waals surface area contributed by atoms with Crippen molar-refractivity contribution < 1.29 is 14.7 Å². The Kier molecular flexibility index (Phi) is 4.96. The first kappa shape index (κ1) is 16.0. The van der Waals surface area contributed by atoms with Crippen LogP contribution in [0.3, 0.4) is 0 Å². The molecule has 1 fully saturated rings. The molecule has 5 heteroatoms. The molecule has 1 aliphatic carbocycles. The van der Waals surface area contributed by atoms with E-state index >= 15 is 0 Å². The van der Waals surface area contributed by atoms with Gasteiger partial charge >= 0.3 is 5.97 Å². The molecule has 4 N–H and O–H groups in total. The molecular formula is C14H26N2O3. The Hall–Kier alpha value is -1.10. The maximum atomic E-state index is 12.2. The Morgan fingerprint density at radius 3 is 2.63 bits per heavy atom. The number of nitrogens with two attached hydrogens (primary N) is 1. The van der Waals surface area contributed by atoms with Crippen molar-refractivity contribution in [2.45, 2.75) is 58.4 Å². The normalized spacial score (nSPS) is 30.4. The van der Waals surface area contributed by atoms with E-state index in [0.717, 1.165) is 12.8 Å². The molecule has 19 heavy (non-hydrogen) atoms. The Balaban J connectivity index is 2.62. The second kappa shape index (κ2) is 5.90. The quantitative estimate of drug-likeness (QED) is 0.706. The number of hydrogen-bond donors (Lipinski definition) is 3. The summed E-state index contributed by atoms with van der Waals surface area (Å²) in [5, 5.41) is 11.9. The Bertz CT molecular complexity index is 359. The highest BCUT2D eigenvalue weighted by Crippen LogP contribution is 2.31. The van der Waals surface area contributed by atoms with Gasteiger partial charge in [0.1, 0.15) is 0 Å². The van der Waals surface area contributed by atoms with Crippen LogP contribution in [0.25, 0.3) is 0 Å². The van der Waals surface area contributed by atoms with Crippen LogP contribution in [0.5, 0.6) is 0 Å². The molecule has 0 aromatic rings. The highest BCUT2D eigenvalue weighted by Gasteiger charge is 2.39. The van der Waals surface area contributed by atoms with Crippen LogP contribution in [0.1, 0.15) is 52.9 Å². The van der Waals surface area contributed by atoms with Gasteiger partial charge in [0.15, 0.2) is 0 Å². The van der Waals surface area contributed by atoms with E-state index in [9.17, 15) is 14.7 Å². The van der Waals surface area contributed by atoms with Crippen molar-refractivity contribution in [3.05, 3.63) is 0 Å². The zero-order chi connectivity index (χ0) is 14.7. The molecule has 1 saturated carbocycles. The van der Waals surface area contributed by atoms with Crippen LogP contribution < -0.4 is 11.1 Å². The minimum Gasteiger partial charge on any atom is -0.481 e. The summed E-state index contributed by atoms with van der Waals surface area (Å²) in [6.07, 6.45) is 3.88. The largest absolute Gasteiger partial charge is 0.481 e. The first-order valence-corrected chi connectivity index (χ1v) is 7.04. The van der Waals surface area contributed by atoms with Crippen LogP contribution >= 0.6 is 0 Å². The van der Waals surface area contributed by atoms with Crippen molar-refractivity contribution in [1.82, 2.24) is 5.32 Å². The van der Waals surface area contributed by atoms with Crippen LogP contribution in [0.15, 0.2) is 0 Å². The maximum absolute atomic E-state index is 12.2. The zero-order valence-electron chi connectivity index (χ0n) is 12.2. The second-order valence-electron chi connectivity index (χ2n) is 6.26. The fourth-order valence-corrected chi connectivity index (χ4v) is 2.60. The number of carboxylic acid groups (broad SMARTS) is 1. The molecule has 3 unspecified atom stereocenters. The molecule has 5 nitrogen and oxygen atoms in total. The first-order chi connectivity index (χ1) is 8.73. The number of rotatable bonds is 5. The van der Waals surface area contributed by atoms with E-state index in [1.165, 1.54) is 0 Å². The molecular weight excluding hydrogens is 244 g/mol. The van der Waals surface area contributed by atoms with Crippen LogP contribution in [0.2, 0.25) is 0 Å². The summed E-state index contributed by atoms with van der Waals surface area (Å²) in [5.41, 5.74) is 4.43. The summed E-state index contributed by atoms with van der Waals surface area (Å²) in [7, 11) is 0.